The molecule has 3 aromatic heterocycles. The van der Waals surface area contributed by atoms with E-state index in [1.165, 1.54) is 55.7 Å². The van der Waals surface area contributed by atoms with Crippen molar-refractivity contribution in [2.45, 2.75) is 213 Å². The molecular weight excluding hydrogens is 1540 g/mol. The van der Waals surface area contributed by atoms with Crippen LogP contribution in [0.2, 0.25) is 0 Å². The highest BCUT2D eigenvalue weighted by Crippen LogP contribution is 2.41. The number of hydrogen-bond donors (Lipinski definition) is 5. The number of rotatable bonds is 40. The highest BCUT2D eigenvalue weighted by atomic mass is 16.5. The molecule has 5 N–H and O–H groups in total. The molecule has 20 heteroatoms. The van der Waals surface area contributed by atoms with Crippen molar-refractivity contribution in [1.82, 2.24) is 44.9 Å². The van der Waals surface area contributed by atoms with Crippen molar-refractivity contribution in [3.8, 4) is 154 Å². The van der Waals surface area contributed by atoms with Crippen LogP contribution in [0.25, 0.3) is 102 Å². The van der Waals surface area contributed by atoms with E-state index in [-0.39, 0.29) is 47.9 Å². The first-order valence-electron chi connectivity index (χ1n) is 43.9. The van der Waals surface area contributed by atoms with Crippen LogP contribution in [-0.2, 0) is 4.74 Å². The summed E-state index contributed by atoms with van der Waals surface area (Å²) >= 11 is 0. The van der Waals surface area contributed by atoms with Crippen LogP contribution in [0.5, 0.6) is 51.7 Å². The molecule has 3 heterocycles. The number of aryl methyl sites for hydroxylation is 9. The van der Waals surface area contributed by atoms with E-state index in [9.17, 15) is 25.5 Å². The van der Waals surface area contributed by atoms with Crippen molar-refractivity contribution in [2.24, 2.45) is 5.92 Å². The van der Waals surface area contributed by atoms with Crippen LogP contribution in [0.1, 0.15) is 194 Å². The predicted octanol–water partition coefficient (Wildman–Crippen LogP) is 24.5. The number of aromatic nitrogens is 9. The fraction of sp³-hybridized carbons (Fsp3) is 0.388. The number of hydrogen-bond acceptors (Lipinski definition) is 20. The standard InChI is InChI=1S/C36H45N3O4.C34H41N3O5.C33H39N3O2/c1-7-9-10-27(8-2)20-42-21-28(40)22-43-29-13-16-32(33(41)19-29)36-38-34(30-14-11-23(3)17-25(30)5)37-35(39-36)31-15-12-24(4)18-26(31)6;1-5-8-17-40-24-12-15-27(30(39)21-24)33-35-32(26-14-11-23(4)20-29(26)38)36-34(37-33)28-16-13-25(41-18-9-6-2)22-31(28)42-19-10-7-3;1-6-7-8-9-10-11-18-38-26-14-17-29(30(37)21-26)33-35-31(27-15-12-22(2)19-24(27)4)34-32(36-33)28-16-13-23(3)20-25(28)5/h11-19,27-28,40-41H,7-10,20-22H2,1-6H3;11-16,20-22,38-39H,5-10,17-19H2,1-4H3;12-17,19-21,37H,6-11,18H2,1-5H3. The van der Waals surface area contributed by atoms with E-state index in [0.29, 0.717) is 136 Å². The molecule has 20 nitrogen and oxygen atoms in total. The van der Waals surface area contributed by atoms with Gasteiger partial charge in [0.05, 0.1) is 60.9 Å². The van der Waals surface area contributed by atoms with Crippen molar-refractivity contribution in [3.63, 3.8) is 0 Å². The van der Waals surface area contributed by atoms with Crippen LogP contribution in [0.3, 0.4) is 0 Å². The van der Waals surface area contributed by atoms with Crippen LogP contribution >= 0.6 is 0 Å². The molecule has 12 rings (SSSR count). The minimum Gasteiger partial charge on any atom is -0.507 e. The molecule has 648 valence electrons. The van der Waals surface area contributed by atoms with Crippen molar-refractivity contribution >= 4 is 0 Å². The van der Waals surface area contributed by atoms with Gasteiger partial charge in [-0.2, -0.15) is 0 Å². The summed E-state index contributed by atoms with van der Waals surface area (Å²) in [6.45, 7) is 34.6. The summed E-state index contributed by atoms with van der Waals surface area (Å²) in [7, 11) is 0. The average molecular weight is 1670 g/mol. The Labute approximate surface area is 727 Å². The number of aromatic hydroxyl groups is 4. The highest BCUT2D eigenvalue weighted by molar-refractivity contribution is 5.77. The minimum atomic E-state index is -0.769. The maximum atomic E-state index is 11.0. The normalized spacial score (nSPS) is 11.6. The largest absolute Gasteiger partial charge is 0.507 e. The van der Waals surface area contributed by atoms with Crippen molar-refractivity contribution in [1.29, 1.82) is 0 Å². The van der Waals surface area contributed by atoms with Gasteiger partial charge in [-0.3, -0.25) is 0 Å². The Hall–Kier alpha value is -11.9. The van der Waals surface area contributed by atoms with Crippen molar-refractivity contribution in [3.05, 3.63) is 214 Å². The van der Waals surface area contributed by atoms with Gasteiger partial charge < -0.3 is 54.0 Å². The van der Waals surface area contributed by atoms with Gasteiger partial charge in [-0.15, -0.1) is 0 Å². The molecule has 0 saturated carbocycles. The van der Waals surface area contributed by atoms with E-state index in [1.54, 1.807) is 48.5 Å². The number of phenolic OH excluding ortho intramolecular Hbond substituents is 4. The Morgan fingerprint density at radius 2 is 0.545 bits per heavy atom. The molecule has 0 amide bonds. The smallest absolute Gasteiger partial charge is 0.167 e. The topological polar surface area (TPSA) is 273 Å². The van der Waals surface area contributed by atoms with E-state index < -0.39 is 6.10 Å². The molecule has 0 aliphatic carbocycles. The third-order valence-electron chi connectivity index (χ3n) is 21.3. The van der Waals surface area contributed by atoms with E-state index in [1.807, 2.05) is 81.4 Å². The summed E-state index contributed by atoms with van der Waals surface area (Å²) in [4.78, 5) is 43.2. The molecule has 0 bridgehead atoms. The van der Waals surface area contributed by atoms with Gasteiger partial charge in [0.15, 0.2) is 52.4 Å². The first-order valence-corrected chi connectivity index (χ1v) is 43.9. The van der Waals surface area contributed by atoms with Crippen molar-refractivity contribution in [2.75, 3.05) is 46.2 Å². The molecule has 0 radical (unpaired) electrons. The van der Waals surface area contributed by atoms with Gasteiger partial charge in [-0.1, -0.05) is 213 Å². The molecule has 9 aromatic carbocycles. The maximum absolute atomic E-state index is 11.0. The molecule has 123 heavy (non-hydrogen) atoms. The van der Waals surface area contributed by atoms with Gasteiger partial charge in [0.25, 0.3) is 0 Å². The molecular formula is C103H125N9O11. The van der Waals surface area contributed by atoms with E-state index in [0.717, 1.165) is 125 Å². The van der Waals surface area contributed by atoms with Crippen LogP contribution < -0.4 is 23.7 Å². The van der Waals surface area contributed by atoms with E-state index in [4.69, 9.17) is 68.3 Å². The van der Waals surface area contributed by atoms with E-state index in [2.05, 4.69) is 137 Å². The Bertz CT molecular complexity index is 5310. The second kappa shape index (κ2) is 47.0. The monoisotopic (exact) mass is 1660 g/mol. The first kappa shape index (κ1) is 93.4. The summed E-state index contributed by atoms with van der Waals surface area (Å²) < 4.78 is 35.4. The molecule has 12 aromatic rings. The third kappa shape index (κ3) is 27.1. The molecule has 0 aliphatic heterocycles. The summed E-state index contributed by atoms with van der Waals surface area (Å²) in [6, 6.07) is 51.3. The summed E-state index contributed by atoms with van der Waals surface area (Å²) in [5, 5.41) is 54.2. The Morgan fingerprint density at radius 1 is 0.260 bits per heavy atom. The van der Waals surface area contributed by atoms with Crippen LogP contribution in [0.4, 0.5) is 0 Å². The molecule has 0 spiro atoms. The predicted molar refractivity (Wildman–Crippen MR) is 493 cm³/mol. The fourth-order valence-electron chi connectivity index (χ4n) is 14.1. The lowest BCUT2D eigenvalue weighted by molar-refractivity contribution is -0.00111. The van der Waals surface area contributed by atoms with Gasteiger partial charge in [0.2, 0.25) is 0 Å². The zero-order valence-corrected chi connectivity index (χ0v) is 74.7. The number of aliphatic hydroxyl groups is 1. The molecule has 0 aliphatic rings. The zero-order valence-electron chi connectivity index (χ0n) is 74.7. The fourth-order valence-corrected chi connectivity index (χ4v) is 14.1. The average Bonchev–Trinajstić information content (AvgIpc) is 0.781. The quantitative estimate of drug-likeness (QED) is 0.0223. The zero-order chi connectivity index (χ0) is 87.9. The van der Waals surface area contributed by atoms with Gasteiger partial charge in [0.1, 0.15) is 64.5 Å². The van der Waals surface area contributed by atoms with Crippen LogP contribution in [-0.4, -0.2) is 123 Å². The Balaban J connectivity index is 0.000000194. The summed E-state index contributed by atoms with van der Waals surface area (Å²) in [5.74, 6) is 7.54. The van der Waals surface area contributed by atoms with Gasteiger partial charge in [0, 0.05) is 53.1 Å². The number of ether oxygens (including phenoxy) is 6. The lowest BCUT2D eigenvalue weighted by atomic mass is 10.0. The number of phenols is 4. The first-order chi connectivity index (χ1) is 59.5. The van der Waals surface area contributed by atoms with Crippen LogP contribution in [0.15, 0.2) is 164 Å². The third-order valence-corrected chi connectivity index (χ3v) is 21.3. The highest BCUT2D eigenvalue weighted by Gasteiger charge is 2.24. The number of unbranched alkanes of at least 4 members (excludes halogenated alkanes) is 9. The maximum Gasteiger partial charge on any atom is 0.167 e. The molecule has 0 fully saturated rings. The minimum absolute atomic E-state index is 0.0145. The Kier molecular flexibility index (Phi) is 35.7. The summed E-state index contributed by atoms with van der Waals surface area (Å²) in [6.07, 6.45) is 16.9. The second-order valence-electron chi connectivity index (χ2n) is 32.0. The lowest BCUT2D eigenvalue weighted by Crippen LogP contribution is -2.25. The summed E-state index contributed by atoms with van der Waals surface area (Å²) in [5.41, 5.74) is 16.2. The van der Waals surface area contributed by atoms with E-state index >= 15 is 0 Å². The lowest BCUT2D eigenvalue weighted by Gasteiger charge is -2.17. The van der Waals surface area contributed by atoms with Gasteiger partial charge in [-0.25, -0.2) is 44.9 Å². The number of benzene rings is 9. The Morgan fingerprint density at radius 3 is 0.894 bits per heavy atom. The second-order valence-corrected chi connectivity index (χ2v) is 32.0. The molecule has 0 saturated heterocycles. The van der Waals surface area contributed by atoms with Crippen molar-refractivity contribution < 1.29 is 54.0 Å². The van der Waals surface area contributed by atoms with Gasteiger partial charge >= 0.3 is 0 Å². The van der Waals surface area contributed by atoms with Crippen LogP contribution in [0, 0.1) is 68.2 Å². The molecule has 2 unspecified atom stereocenters. The number of aliphatic hydroxyl groups excluding tert-OH is 1. The number of nitrogens with zero attached hydrogens (tertiary/aromatic N) is 9. The SMILES string of the molecule is CCCCC(CC)COCC(O)COc1ccc(-c2nc(-c3ccc(C)cc3C)nc(-c3ccc(C)cc3C)n2)c(O)c1.CCCCCCCCOc1ccc(-c2nc(-c3ccc(C)cc3C)nc(-c3ccc(C)cc3C)n2)c(O)c1.CCCCOc1ccc(-c2nc(-c3ccc(C)cc3O)nc(-c3ccc(OCCCC)cc3OCCCC)n2)c(O)c1. The molecule has 2 atom stereocenters. The van der Waals surface area contributed by atoms with Gasteiger partial charge in [-0.05, 0) is 189 Å².